The lowest BCUT2D eigenvalue weighted by molar-refractivity contribution is -0.0595. The summed E-state index contributed by atoms with van der Waals surface area (Å²) in [6, 6.07) is 7.79. The number of nitrogens with one attached hydrogen (secondary N) is 1. The minimum atomic E-state index is -0.0169. The van der Waals surface area contributed by atoms with E-state index in [4.69, 9.17) is 16.3 Å². The zero-order valence-corrected chi connectivity index (χ0v) is 11.1. The van der Waals surface area contributed by atoms with Crippen LogP contribution in [0.2, 0.25) is 5.02 Å². The first-order chi connectivity index (χ1) is 7.07. The molecule has 4 heteroatoms. The monoisotopic (exact) mass is 261 g/mol. The highest BCUT2D eigenvalue weighted by Gasteiger charge is 2.27. The highest BCUT2D eigenvalue weighted by molar-refractivity contribution is 6.30. The molecule has 0 aromatic heterocycles. The van der Waals surface area contributed by atoms with E-state index in [1.54, 1.807) is 0 Å². The van der Waals surface area contributed by atoms with Gasteiger partial charge in [-0.15, -0.1) is 12.4 Å². The Morgan fingerprint density at radius 3 is 2.75 bits per heavy atom. The number of benzene rings is 1. The maximum absolute atomic E-state index is 5.94. The topological polar surface area (TPSA) is 21.3 Å². The summed E-state index contributed by atoms with van der Waals surface area (Å²) in [5.41, 5.74) is 1.31. The van der Waals surface area contributed by atoms with Gasteiger partial charge in [-0.3, -0.25) is 5.32 Å². The Morgan fingerprint density at radius 1 is 1.44 bits per heavy atom. The Balaban J connectivity index is 0.00000128. The van der Waals surface area contributed by atoms with E-state index in [1.165, 1.54) is 0 Å². The molecule has 1 N–H and O–H groups in total. The van der Waals surface area contributed by atoms with Crippen LogP contribution in [0.5, 0.6) is 0 Å². The molecule has 0 bridgehead atoms. The molecule has 0 radical (unpaired) electrons. The number of hydrogen-bond donors (Lipinski definition) is 1. The van der Waals surface area contributed by atoms with Crippen molar-refractivity contribution in [2.45, 2.75) is 20.1 Å². The van der Waals surface area contributed by atoms with Gasteiger partial charge in [0.2, 0.25) is 0 Å². The lowest BCUT2D eigenvalue weighted by Crippen LogP contribution is -2.42. The molecule has 1 saturated heterocycles. The first-order valence-electron chi connectivity index (χ1n) is 5.17. The summed E-state index contributed by atoms with van der Waals surface area (Å²) in [6.45, 7) is 6.11. The van der Waals surface area contributed by atoms with Crippen LogP contribution in [-0.4, -0.2) is 13.2 Å². The van der Waals surface area contributed by atoms with Crippen LogP contribution in [0.25, 0.3) is 0 Å². The fourth-order valence-electron chi connectivity index (χ4n) is 1.67. The zero-order chi connectivity index (χ0) is 10.9. The molecule has 0 spiro atoms. The van der Waals surface area contributed by atoms with Gasteiger partial charge in [0, 0.05) is 17.0 Å². The first kappa shape index (κ1) is 13.8. The second kappa shape index (κ2) is 5.37. The van der Waals surface area contributed by atoms with E-state index < -0.39 is 0 Å². The fraction of sp³-hybridized carbons (Fsp3) is 0.500. The Hall–Kier alpha value is -0.280. The molecule has 1 aromatic carbocycles. The van der Waals surface area contributed by atoms with Gasteiger partial charge in [0.1, 0.15) is 6.23 Å². The molecule has 1 aliphatic heterocycles. The minimum absolute atomic E-state index is 0. The maximum Gasteiger partial charge on any atom is 0.134 e. The molecule has 0 amide bonds. The third-order valence-corrected chi connectivity index (χ3v) is 2.79. The summed E-state index contributed by atoms with van der Waals surface area (Å²) in [4.78, 5) is 0. The second-order valence-corrected chi connectivity index (χ2v) is 5.23. The third-order valence-electron chi connectivity index (χ3n) is 2.56. The summed E-state index contributed by atoms with van der Waals surface area (Å²) in [5, 5.41) is 4.12. The van der Waals surface area contributed by atoms with Gasteiger partial charge >= 0.3 is 0 Å². The molecule has 1 heterocycles. The van der Waals surface area contributed by atoms with Crippen LogP contribution in [0.4, 0.5) is 0 Å². The van der Waals surface area contributed by atoms with E-state index in [0.717, 1.165) is 23.7 Å². The fourth-order valence-corrected chi connectivity index (χ4v) is 1.87. The van der Waals surface area contributed by atoms with Crippen molar-refractivity contribution in [2.75, 3.05) is 13.2 Å². The minimum Gasteiger partial charge on any atom is -0.358 e. The average molecular weight is 262 g/mol. The van der Waals surface area contributed by atoms with Crippen molar-refractivity contribution in [2.24, 2.45) is 5.41 Å². The van der Waals surface area contributed by atoms with Crippen molar-refractivity contribution in [1.29, 1.82) is 0 Å². The smallest absolute Gasteiger partial charge is 0.134 e. The van der Waals surface area contributed by atoms with Gasteiger partial charge in [-0.1, -0.05) is 37.6 Å². The lowest BCUT2D eigenvalue weighted by atomic mass is 9.93. The molecule has 0 aliphatic carbocycles. The summed E-state index contributed by atoms with van der Waals surface area (Å²) in [7, 11) is 0. The van der Waals surface area contributed by atoms with E-state index in [9.17, 15) is 0 Å². The molecular formula is C12H17Cl2NO. The lowest BCUT2D eigenvalue weighted by Gasteiger charge is -2.35. The van der Waals surface area contributed by atoms with Crippen LogP contribution in [-0.2, 0) is 4.74 Å². The molecule has 1 unspecified atom stereocenters. The number of rotatable bonds is 1. The van der Waals surface area contributed by atoms with E-state index in [1.807, 2.05) is 24.3 Å². The van der Waals surface area contributed by atoms with Crippen molar-refractivity contribution >= 4 is 24.0 Å². The van der Waals surface area contributed by atoms with Gasteiger partial charge < -0.3 is 4.74 Å². The zero-order valence-electron chi connectivity index (χ0n) is 9.50. The summed E-state index contributed by atoms with van der Waals surface area (Å²) in [5.74, 6) is 0. The second-order valence-electron chi connectivity index (χ2n) is 4.79. The Bertz CT molecular complexity index is 345. The molecule has 2 rings (SSSR count). The van der Waals surface area contributed by atoms with Crippen LogP contribution in [0, 0.1) is 5.41 Å². The van der Waals surface area contributed by atoms with Crippen LogP contribution in [0.15, 0.2) is 24.3 Å². The van der Waals surface area contributed by atoms with Crippen LogP contribution < -0.4 is 5.32 Å². The van der Waals surface area contributed by atoms with E-state index >= 15 is 0 Å². The molecular weight excluding hydrogens is 245 g/mol. The van der Waals surface area contributed by atoms with Crippen LogP contribution in [0.3, 0.4) is 0 Å². The summed E-state index contributed by atoms with van der Waals surface area (Å²) in [6.07, 6.45) is -0.0169. The van der Waals surface area contributed by atoms with Crippen LogP contribution >= 0.6 is 24.0 Å². The van der Waals surface area contributed by atoms with Crippen molar-refractivity contribution in [3.8, 4) is 0 Å². The van der Waals surface area contributed by atoms with Gasteiger partial charge in [-0.2, -0.15) is 0 Å². The molecule has 1 fully saturated rings. The Labute approximate surface area is 108 Å². The first-order valence-corrected chi connectivity index (χ1v) is 5.55. The average Bonchev–Trinajstić information content (AvgIpc) is 2.17. The van der Waals surface area contributed by atoms with Gasteiger partial charge in [0.15, 0.2) is 0 Å². The van der Waals surface area contributed by atoms with Crippen molar-refractivity contribution < 1.29 is 4.74 Å². The van der Waals surface area contributed by atoms with Gasteiger partial charge in [-0.25, -0.2) is 0 Å². The molecule has 90 valence electrons. The largest absolute Gasteiger partial charge is 0.358 e. The molecule has 2 nitrogen and oxygen atoms in total. The quantitative estimate of drug-likeness (QED) is 0.837. The van der Waals surface area contributed by atoms with E-state index in [2.05, 4.69) is 19.2 Å². The Kier molecular flexibility index (Phi) is 4.62. The number of ether oxygens (including phenoxy) is 1. The highest BCUT2D eigenvalue weighted by atomic mass is 35.5. The van der Waals surface area contributed by atoms with Gasteiger partial charge in [0.25, 0.3) is 0 Å². The predicted molar refractivity (Wildman–Crippen MR) is 69.2 cm³/mol. The van der Waals surface area contributed by atoms with Crippen molar-refractivity contribution in [3.05, 3.63) is 34.9 Å². The number of hydrogen-bond acceptors (Lipinski definition) is 2. The maximum atomic E-state index is 5.94. The number of halogens is 2. The summed E-state index contributed by atoms with van der Waals surface area (Å²) < 4.78 is 5.76. The van der Waals surface area contributed by atoms with E-state index in [-0.39, 0.29) is 24.0 Å². The molecule has 1 atom stereocenters. The third kappa shape index (κ3) is 3.36. The summed E-state index contributed by atoms with van der Waals surface area (Å²) >= 11 is 5.94. The predicted octanol–water partition coefficient (Wildman–Crippen LogP) is 3.41. The SMILES string of the molecule is CC1(C)CNC(c2cccc(Cl)c2)OC1.Cl. The normalized spacial score (nSPS) is 23.6. The van der Waals surface area contributed by atoms with Crippen molar-refractivity contribution in [3.63, 3.8) is 0 Å². The highest BCUT2D eigenvalue weighted by Crippen LogP contribution is 2.27. The van der Waals surface area contributed by atoms with Crippen molar-refractivity contribution in [1.82, 2.24) is 5.32 Å². The van der Waals surface area contributed by atoms with Gasteiger partial charge in [-0.05, 0) is 17.7 Å². The molecule has 1 aromatic rings. The van der Waals surface area contributed by atoms with E-state index in [0.29, 0.717) is 0 Å². The molecule has 16 heavy (non-hydrogen) atoms. The van der Waals surface area contributed by atoms with Crippen LogP contribution in [0.1, 0.15) is 25.6 Å². The van der Waals surface area contributed by atoms with Gasteiger partial charge in [0.05, 0.1) is 6.61 Å². The Morgan fingerprint density at radius 2 is 2.19 bits per heavy atom. The molecule has 0 saturated carbocycles. The molecule has 1 aliphatic rings. The standard InChI is InChI=1S/C12H16ClNO.ClH/c1-12(2)7-14-11(15-8-12)9-4-3-5-10(13)6-9;/h3-6,11,14H,7-8H2,1-2H3;1H.